The van der Waals surface area contributed by atoms with E-state index in [0.29, 0.717) is 130 Å². The molecular weight excluding hydrogens is 1010 g/mol. The molecule has 1 unspecified atom stereocenters. The Kier molecular flexibility index (Phi) is 29.5. The fourth-order valence-electron chi connectivity index (χ4n) is 8.23. The highest BCUT2D eigenvalue weighted by molar-refractivity contribution is 6.12. The molecule has 78 heavy (non-hydrogen) atoms. The van der Waals surface area contributed by atoms with Crippen LogP contribution in [0.2, 0.25) is 0 Å². The number of nitrogens with one attached hydrogen (secondary N) is 4. The third-order valence-electron chi connectivity index (χ3n) is 12.5. The first kappa shape index (κ1) is 62.6. The maximum atomic E-state index is 13.3. The summed E-state index contributed by atoms with van der Waals surface area (Å²) in [5, 5.41) is 17.5. The predicted octanol–water partition coefficient (Wildman–Crippen LogP) is 2.34. The Morgan fingerprint density at radius 2 is 1.23 bits per heavy atom. The second-order valence-corrected chi connectivity index (χ2v) is 18.5. The standard InChI is InChI=1S/C54H79N9O15/c1-41-37-51(68)63(60-52(41)42-8-10-45(11-9-42)58-54(70)61-39-43-16-18-55-38-44(43)40-61)21-6-17-56-47(64)13-12-46(59-48(65)7-4-3-5-20-62-49(66)14-15-50(62)67)53(69)57-19-22-72-25-26-74-29-30-76-33-34-78-36-35-77-32-31-75-28-27-73-24-23-71-2/h8-11,14-16,18,38,41,46H,3-7,12-13,17,19-37,39-40H2,1-2H3,(H,56,64)(H,57,69)(H,58,70)(H,59,65)/t41?,46-/m0/s1. The Morgan fingerprint density at radius 1 is 0.641 bits per heavy atom. The normalized spacial score (nSPS) is 15.4. The zero-order valence-corrected chi connectivity index (χ0v) is 45.2. The van der Waals surface area contributed by atoms with Crippen LogP contribution in [-0.2, 0) is 79.8 Å². The molecule has 0 spiro atoms. The number of aromatic nitrogens is 1. The van der Waals surface area contributed by atoms with Crippen LogP contribution in [-0.4, -0.2) is 205 Å². The summed E-state index contributed by atoms with van der Waals surface area (Å²) >= 11 is 0. The molecule has 0 saturated carbocycles. The molecule has 5 rings (SSSR count). The molecule has 24 nitrogen and oxygen atoms in total. The Hall–Kier alpha value is -6.25. The number of rotatable bonds is 41. The summed E-state index contributed by atoms with van der Waals surface area (Å²) in [7, 11) is 1.63. The number of ether oxygens (including phenoxy) is 8. The van der Waals surface area contributed by atoms with Crippen LogP contribution in [0, 0.1) is 5.92 Å². The van der Waals surface area contributed by atoms with Crippen molar-refractivity contribution in [2.75, 3.05) is 138 Å². The average Bonchev–Trinajstić information content (AvgIpc) is 4.03. The van der Waals surface area contributed by atoms with Gasteiger partial charge < -0.3 is 64.1 Å². The van der Waals surface area contributed by atoms with Gasteiger partial charge in [0.05, 0.1) is 105 Å². The molecule has 1 aromatic carbocycles. The van der Waals surface area contributed by atoms with E-state index in [9.17, 15) is 33.6 Å². The first-order valence-corrected chi connectivity index (χ1v) is 26.9. The minimum atomic E-state index is -1.00. The molecule has 2 aromatic rings. The molecule has 0 bridgehead atoms. The lowest BCUT2D eigenvalue weighted by Gasteiger charge is -2.28. The van der Waals surface area contributed by atoms with Gasteiger partial charge >= 0.3 is 6.03 Å². The number of benzene rings is 1. The topological polar surface area (TPSA) is 276 Å². The quantitative estimate of drug-likeness (QED) is 0.0550. The summed E-state index contributed by atoms with van der Waals surface area (Å²) in [5.41, 5.74) is 4.30. The van der Waals surface area contributed by atoms with Crippen LogP contribution < -0.4 is 21.3 Å². The van der Waals surface area contributed by atoms with E-state index in [0.717, 1.165) is 27.3 Å². The number of hydrogen-bond donors (Lipinski definition) is 4. The van der Waals surface area contributed by atoms with Gasteiger partial charge in [-0.2, -0.15) is 5.10 Å². The lowest BCUT2D eigenvalue weighted by molar-refractivity contribution is -0.137. The van der Waals surface area contributed by atoms with Gasteiger partial charge in [-0.3, -0.25) is 38.7 Å². The van der Waals surface area contributed by atoms with Crippen molar-refractivity contribution >= 4 is 52.9 Å². The molecule has 24 heteroatoms. The van der Waals surface area contributed by atoms with E-state index in [1.165, 1.54) is 17.2 Å². The van der Waals surface area contributed by atoms with Gasteiger partial charge in [-0.1, -0.05) is 25.5 Å². The van der Waals surface area contributed by atoms with Crippen molar-refractivity contribution < 1.29 is 71.5 Å². The Labute approximate surface area is 456 Å². The Morgan fingerprint density at radius 3 is 1.83 bits per heavy atom. The third kappa shape index (κ3) is 23.8. The van der Waals surface area contributed by atoms with E-state index < -0.39 is 11.9 Å². The molecule has 8 amide bonds. The van der Waals surface area contributed by atoms with E-state index in [4.69, 9.17) is 43.0 Å². The fraction of sp³-hybridized carbons (Fsp3) is 0.611. The number of carbonyl (C=O) groups is 7. The van der Waals surface area contributed by atoms with E-state index in [2.05, 4.69) is 26.3 Å². The summed E-state index contributed by atoms with van der Waals surface area (Å²) < 4.78 is 43.3. The summed E-state index contributed by atoms with van der Waals surface area (Å²) in [6, 6.07) is 8.06. The van der Waals surface area contributed by atoms with Crippen LogP contribution in [0.15, 0.2) is 60.0 Å². The molecule has 3 aliphatic rings. The lowest BCUT2D eigenvalue weighted by Crippen LogP contribution is -2.48. The highest BCUT2D eigenvalue weighted by atomic mass is 16.6. The average molecular weight is 1090 g/mol. The third-order valence-corrected chi connectivity index (χ3v) is 12.5. The van der Waals surface area contributed by atoms with E-state index in [1.807, 2.05) is 37.3 Å². The second-order valence-electron chi connectivity index (χ2n) is 18.5. The summed E-state index contributed by atoms with van der Waals surface area (Å²) in [5.74, 6) is -2.15. The van der Waals surface area contributed by atoms with Crippen LogP contribution in [0.3, 0.4) is 0 Å². The maximum Gasteiger partial charge on any atom is 0.322 e. The Balaban J connectivity index is 0.942. The first-order valence-electron chi connectivity index (χ1n) is 26.9. The fourth-order valence-corrected chi connectivity index (χ4v) is 8.23. The molecule has 2 atom stereocenters. The van der Waals surface area contributed by atoms with Gasteiger partial charge in [-0.25, -0.2) is 9.80 Å². The number of carbonyl (C=O) groups excluding carboxylic acids is 7. The predicted molar refractivity (Wildman–Crippen MR) is 285 cm³/mol. The molecule has 1 aromatic heterocycles. The number of hydrogen-bond acceptors (Lipinski definition) is 17. The summed E-state index contributed by atoms with van der Waals surface area (Å²) in [6.07, 6.45) is 8.28. The van der Waals surface area contributed by atoms with Crippen molar-refractivity contribution in [3.63, 3.8) is 0 Å². The SMILES string of the molecule is COCCOCCOCCOCCOCCOCCOCCOCCNC(=O)[C@H](CCC(=O)NCCCN1N=C(c2ccc(NC(=O)N3Cc4ccncc4C3)cc2)C(C)CC1=O)NC(=O)CCCCCN1C(=O)C=CC1=O. The zero-order valence-electron chi connectivity index (χ0n) is 45.2. The van der Waals surface area contributed by atoms with Gasteiger partial charge in [0.2, 0.25) is 23.6 Å². The van der Waals surface area contributed by atoms with Crippen molar-refractivity contribution in [2.45, 2.75) is 77.4 Å². The minimum Gasteiger partial charge on any atom is -0.382 e. The maximum absolute atomic E-state index is 13.3. The van der Waals surface area contributed by atoms with E-state index >= 15 is 0 Å². The van der Waals surface area contributed by atoms with Gasteiger partial charge in [0.15, 0.2) is 0 Å². The van der Waals surface area contributed by atoms with Gasteiger partial charge in [-0.05, 0) is 60.6 Å². The highest BCUT2D eigenvalue weighted by Crippen LogP contribution is 2.25. The van der Waals surface area contributed by atoms with E-state index in [1.54, 1.807) is 24.4 Å². The monoisotopic (exact) mass is 1090 g/mol. The van der Waals surface area contributed by atoms with Crippen LogP contribution in [0.1, 0.15) is 75.0 Å². The number of pyridine rings is 1. The van der Waals surface area contributed by atoms with Crippen LogP contribution in [0.25, 0.3) is 0 Å². The number of fused-ring (bicyclic) bond motifs is 1. The number of urea groups is 1. The lowest BCUT2D eigenvalue weighted by atomic mass is 9.93. The van der Waals surface area contributed by atoms with Crippen molar-refractivity contribution in [2.24, 2.45) is 11.0 Å². The van der Waals surface area contributed by atoms with Gasteiger partial charge in [0.1, 0.15) is 6.04 Å². The highest BCUT2D eigenvalue weighted by Gasteiger charge is 2.29. The molecule has 0 fully saturated rings. The molecule has 4 N–H and O–H groups in total. The molecule has 0 saturated heterocycles. The molecule has 0 aliphatic carbocycles. The number of methoxy groups -OCH3 is 1. The Bertz CT molecular complexity index is 2210. The smallest absolute Gasteiger partial charge is 0.322 e. The first-order chi connectivity index (χ1) is 38.0. The summed E-state index contributed by atoms with van der Waals surface area (Å²) in [6.45, 7) is 10.2. The summed E-state index contributed by atoms with van der Waals surface area (Å²) in [4.78, 5) is 96.1. The number of amides is 8. The van der Waals surface area contributed by atoms with Crippen molar-refractivity contribution in [3.05, 3.63) is 71.6 Å². The molecule has 4 heterocycles. The van der Waals surface area contributed by atoms with Crippen molar-refractivity contribution in [3.8, 4) is 0 Å². The number of unbranched alkanes of at least 4 members (excludes halogenated alkanes) is 2. The molecule has 430 valence electrons. The van der Waals surface area contributed by atoms with Gasteiger partial charge in [0, 0.05) is 102 Å². The van der Waals surface area contributed by atoms with Gasteiger partial charge in [0.25, 0.3) is 11.8 Å². The number of nitrogens with zero attached hydrogens (tertiary/aromatic N) is 5. The van der Waals surface area contributed by atoms with Crippen LogP contribution >= 0.6 is 0 Å². The number of imide groups is 1. The van der Waals surface area contributed by atoms with E-state index in [-0.39, 0.29) is 107 Å². The van der Waals surface area contributed by atoms with Crippen LogP contribution in [0.5, 0.6) is 0 Å². The van der Waals surface area contributed by atoms with Gasteiger partial charge in [-0.15, -0.1) is 0 Å². The van der Waals surface area contributed by atoms with Crippen molar-refractivity contribution in [1.82, 2.24) is 35.7 Å². The van der Waals surface area contributed by atoms with Crippen molar-refractivity contribution in [1.29, 1.82) is 0 Å². The molecule has 0 radical (unpaired) electrons. The zero-order chi connectivity index (χ0) is 55.6. The minimum absolute atomic E-state index is 0.0270. The molecule has 3 aliphatic heterocycles. The number of anilines is 1. The molecular formula is C54H79N9O15. The number of hydrazone groups is 1. The largest absolute Gasteiger partial charge is 0.382 e. The van der Waals surface area contributed by atoms with Crippen LogP contribution in [0.4, 0.5) is 10.5 Å². The second kappa shape index (κ2) is 36.8.